The van der Waals surface area contributed by atoms with E-state index >= 15 is 0 Å². The van der Waals surface area contributed by atoms with E-state index in [1.165, 1.54) is 0 Å². The molecule has 1 saturated carbocycles. The van der Waals surface area contributed by atoms with Crippen LogP contribution in [0.3, 0.4) is 0 Å². The van der Waals surface area contributed by atoms with Crippen molar-refractivity contribution in [3.8, 4) is 6.07 Å². The number of nitrogens with zero attached hydrogens (tertiary/aromatic N) is 6. The lowest BCUT2D eigenvalue weighted by atomic mass is 9.83. The number of rotatable bonds is 5. The fourth-order valence-corrected chi connectivity index (χ4v) is 4.87. The van der Waals surface area contributed by atoms with Crippen LogP contribution in [0, 0.1) is 22.7 Å². The summed E-state index contributed by atoms with van der Waals surface area (Å²) in [7, 11) is 2.16. The first-order valence-electron chi connectivity index (χ1n) is 11.4. The van der Waals surface area contributed by atoms with Gasteiger partial charge in [-0.05, 0) is 63.4 Å². The molecule has 3 aliphatic rings. The molecule has 0 unspecified atom stereocenters. The number of pyridine rings is 2. The van der Waals surface area contributed by atoms with Gasteiger partial charge in [0.15, 0.2) is 0 Å². The minimum absolute atomic E-state index is 0.0646. The van der Waals surface area contributed by atoms with E-state index in [4.69, 9.17) is 0 Å². The monoisotopic (exact) mass is 431 g/mol. The minimum Gasteiger partial charge on any atom is -0.369 e. The maximum atomic E-state index is 13.1. The number of amides is 1. The Morgan fingerprint density at radius 1 is 1.06 bits per heavy atom. The molecule has 0 spiro atoms. The Labute approximate surface area is 188 Å². The lowest BCUT2D eigenvalue weighted by molar-refractivity contribution is -0.123. The van der Waals surface area contributed by atoms with E-state index in [0.29, 0.717) is 24.6 Å². The van der Waals surface area contributed by atoms with Crippen molar-refractivity contribution in [2.45, 2.75) is 25.7 Å². The highest BCUT2D eigenvalue weighted by atomic mass is 16.2. The number of likely N-dealkylation sites (N-methyl/N-ethyl adjacent to an activating group) is 1. The van der Waals surface area contributed by atoms with Gasteiger partial charge in [-0.25, -0.2) is 9.97 Å². The second kappa shape index (κ2) is 8.40. The van der Waals surface area contributed by atoms with Gasteiger partial charge >= 0.3 is 0 Å². The van der Waals surface area contributed by atoms with Gasteiger partial charge in [-0.15, -0.1) is 0 Å². The number of hydrogen-bond donors (Lipinski definition) is 1. The number of carbonyl (C=O) groups excluding carboxylic acids is 1. The first kappa shape index (κ1) is 20.7. The zero-order valence-corrected chi connectivity index (χ0v) is 18.5. The average molecular weight is 432 g/mol. The third-order valence-electron chi connectivity index (χ3n) is 6.97. The quantitative estimate of drug-likeness (QED) is 0.778. The topological polar surface area (TPSA) is 88.4 Å². The van der Waals surface area contributed by atoms with Crippen LogP contribution in [-0.4, -0.2) is 60.5 Å². The first-order valence-corrected chi connectivity index (χ1v) is 11.4. The third-order valence-corrected chi connectivity index (χ3v) is 6.97. The second-order valence-electron chi connectivity index (χ2n) is 9.13. The van der Waals surface area contributed by atoms with Crippen LogP contribution in [0.2, 0.25) is 0 Å². The smallest absolute Gasteiger partial charge is 0.247 e. The van der Waals surface area contributed by atoms with Crippen molar-refractivity contribution < 1.29 is 4.79 Å². The van der Waals surface area contributed by atoms with Gasteiger partial charge < -0.3 is 20.0 Å². The van der Waals surface area contributed by atoms with Gasteiger partial charge in [0, 0.05) is 44.1 Å². The number of carbonyl (C=O) groups is 1. The van der Waals surface area contributed by atoms with Crippen molar-refractivity contribution in [2.75, 3.05) is 54.9 Å². The van der Waals surface area contributed by atoms with Crippen molar-refractivity contribution >= 4 is 28.9 Å². The maximum Gasteiger partial charge on any atom is 0.247 e. The SMILES string of the molecule is CN1CCCN(c2ccc(Nc3cc(N4CC[C@@](C#N)(C5CC5)C4=O)ccn3)nc2)CC1. The Kier molecular flexibility index (Phi) is 5.43. The molecule has 4 heterocycles. The van der Waals surface area contributed by atoms with Gasteiger partial charge in [-0.1, -0.05) is 0 Å². The molecule has 0 bridgehead atoms. The van der Waals surface area contributed by atoms with Gasteiger partial charge in [0.05, 0.1) is 18.0 Å². The van der Waals surface area contributed by atoms with Crippen molar-refractivity contribution in [1.29, 1.82) is 5.26 Å². The Balaban J connectivity index is 1.27. The molecule has 8 heteroatoms. The zero-order chi connectivity index (χ0) is 22.1. The molecule has 0 aromatic carbocycles. The van der Waals surface area contributed by atoms with Crippen molar-refractivity contribution in [2.24, 2.45) is 11.3 Å². The molecule has 1 atom stereocenters. The molecule has 2 aromatic rings. The minimum atomic E-state index is -0.837. The van der Waals surface area contributed by atoms with E-state index < -0.39 is 5.41 Å². The summed E-state index contributed by atoms with van der Waals surface area (Å²) in [5.41, 5.74) is 1.06. The molecule has 8 nitrogen and oxygen atoms in total. The number of aromatic nitrogens is 2. The molecule has 1 N–H and O–H groups in total. The molecule has 1 aliphatic carbocycles. The second-order valence-corrected chi connectivity index (χ2v) is 9.13. The summed E-state index contributed by atoms with van der Waals surface area (Å²) >= 11 is 0. The van der Waals surface area contributed by atoms with Crippen LogP contribution < -0.4 is 15.1 Å². The van der Waals surface area contributed by atoms with E-state index in [-0.39, 0.29) is 11.8 Å². The van der Waals surface area contributed by atoms with Crippen LogP contribution in [0.25, 0.3) is 0 Å². The van der Waals surface area contributed by atoms with E-state index in [9.17, 15) is 10.1 Å². The molecule has 166 valence electrons. The van der Waals surface area contributed by atoms with Crippen LogP contribution in [0.4, 0.5) is 23.0 Å². The van der Waals surface area contributed by atoms with E-state index in [2.05, 4.69) is 44.3 Å². The van der Waals surface area contributed by atoms with Crippen molar-refractivity contribution in [1.82, 2.24) is 14.9 Å². The van der Waals surface area contributed by atoms with Crippen LogP contribution in [0.5, 0.6) is 0 Å². The molecular formula is C24H29N7O. The lowest BCUT2D eigenvalue weighted by Gasteiger charge is -2.22. The Morgan fingerprint density at radius 2 is 1.94 bits per heavy atom. The number of nitriles is 1. The van der Waals surface area contributed by atoms with E-state index in [0.717, 1.165) is 56.8 Å². The van der Waals surface area contributed by atoms with Gasteiger partial charge in [0.1, 0.15) is 17.1 Å². The first-order chi connectivity index (χ1) is 15.6. The number of nitrogens with one attached hydrogen (secondary N) is 1. The largest absolute Gasteiger partial charge is 0.369 e. The molecule has 5 rings (SSSR count). The highest BCUT2D eigenvalue weighted by molar-refractivity contribution is 6.02. The van der Waals surface area contributed by atoms with Crippen LogP contribution in [-0.2, 0) is 4.79 Å². The highest BCUT2D eigenvalue weighted by Crippen LogP contribution is 2.51. The van der Waals surface area contributed by atoms with Gasteiger partial charge in [0.2, 0.25) is 5.91 Å². The average Bonchev–Trinajstić information content (AvgIpc) is 3.63. The highest BCUT2D eigenvalue weighted by Gasteiger charge is 2.56. The third kappa shape index (κ3) is 3.89. The summed E-state index contributed by atoms with van der Waals surface area (Å²) < 4.78 is 0. The van der Waals surface area contributed by atoms with Crippen LogP contribution in [0.15, 0.2) is 36.7 Å². The molecule has 1 amide bonds. The fraction of sp³-hybridized carbons (Fsp3) is 0.500. The summed E-state index contributed by atoms with van der Waals surface area (Å²) in [6, 6.07) is 10.1. The van der Waals surface area contributed by atoms with Gasteiger partial charge in [0.25, 0.3) is 0 Å². The standard InChI is InChI=1S/C24H29N7O/c1-29-10-2-11-30(14-13-29)20-5-6-21(27-16-20)28-22-15-19(7-9-26-22)31-12-8-24(17-25,23(31)32)18-3-4-18/h5-7,9,15-16,18H,2-4,8,10-14H2,1H3,(H,26,27,28)/t24-/m1/s1. The van der Waals surface area contributed by atoms with Crippen molar-refractivity contribution in [3.63, 3.8) is 0 Å². The Morgan fingerprint density at radius 3 is 2.69 bits per heavy atom. The Hall–Kier alpha value is -3.18. The zero-order valence-electron chi connectivity index (χ0n) is 18.5. The van der Waals surface area contributed by atoms with Crippen LogP contribution in [0.1, 0.15) is 25.7 Å². The molecule has 2 aromatic heterocycles. The summed E-state index contributed by atoms with van der Waals surface area (Å²) in [6.07, 6.45) is 7.30. The molecule has 2 saturated heterocycles. The van der Waals surface area contributed by atoms with Gasteiger partial charge in [-0.2, -0.15) is 5.26 Å². The van der Waals surface area contributed by atoms with E-state index in [1.807, 2.05) is 24.4 Å². The summed E-state index contributed by atoms with van der Waals surface area (Å²) in [4.78, 5) is 28.5. The fourth-order valence-electron chi connectivity index (χ4n) is 4.87. The molecule has 3 fully saturated rings. The van der Waals surface area contributed by atoms with Crippen molar-refractivity contribution in [3.05, 3.63) is 36.7 Å². The molecule has 2 aliphatic heterocycles. The molecule has 0 radical (unpaired) electrons. The molecular weight excluding hydrogens is 402 g/mol. The van der Waals surface area contributed by atoms with E-state index in [1.54, 1.807) is 11.1 Å². The van der Waals surface area contributed by atoms with Gasteiger partial charge in [-0.3, -0.25) is 4.79 Å². The number of anilines is 4. The summed E-state index contributed by atoms with van der Waals surface area (Å²) in [5.74, 6) is 1.50. The summed E-state index contributed by atoms with van der Waals surface area (Å²) in [6.45, 7) is 4.80. The normalized spacial score (nSPS) is 24.3. The predicted octanol–water partition coefficient (Wildman–Crippen LogP) is 3.02. The maximum absolute atomic E-state index is 13.1. The van der Waals surface area contributed by atoms with Crippen LogP contribution >= 0.6 is 0 Å². The molecule has 32 heavy (non-hydrogen) atoms. The summed E-state index contributed by atoms with van der Waals surface area (Å²) in [5, 5.41) is 13.0. The lowest BCUT2D eigenvalue weighted by Crippen LogP contribution is -2.35. The Bertz CT molecular complexity index is 1030. The number of hydrogen-bond acceptors (Lipinski definition) is 7. The predicted molar refractivity (Wildman–Crippen MR) is 124 cm³/mol.